The number of nitrogens with one attached hydrogen (secondary N) is 2. The second kappa shape index (κ2) is 23.1. The fourth-order valence-electron chi connectivity index (χ4n) is 6.77. The topological polar surface area (TPSA) is 114 Å². The van der Waals surface area contributed by atoms with Crippen molar-refractivity contribution >= 4 is 29.3 Å². The van der Waals surface area contributed by atoms with E-state index in [1.54, 1.807) is 13.8 Å². The van der Waals surface area contributed by atoms with Crippen molar-refractivity contribution in [2.75, 3.05) is 24.9 Å². The molecule has 0 bridgehead atoms. The third-order valence-corrected chi connectivity index (χ3v) is 9.89. The van der Waals surface area contributed by atoms with Gasteiger partial charge in [-0.1, -0.05) is 133 Å². The first-order valence-electron chi connectivity index (χ1n) is 19.9. The largest absolute Gasteiger partial charge is 0.481 e. The number of aliphatic carboxylic acids is 1. The molecule has 0 saturated heterocycles. The van der Waals surface area contributed by atoms with Gasteiger partial charge in [0.1, 0.15) is 0 Å². The Morgan fingerprint density at radius 2 is 0.967 bits per heavy atom. The Kier molecular flexibility index (Phi) is 16.9. The molecule has 0 aromatic heterocycles. The number of ether oxygens (including phenoxy) is 2. The van der Waals surface area contributed by atoms with Crippen LogP contribution in [0.5, 0.6) is 0 Å². The lowest BCUT2D eigenvalue weighted by Gasteiger charge is -2.20. The Morgan fingerprint density at radius 3 is 1.38 bits per heavy atom. The number of rotatable bonds is 15. The number of carbonyl (C=O) groups is 3. The number of hydrogen-bond donors (Lipinski definition) is 3. The Morgan fingerprint density at radius 1 is 0.541 bits per heavy atom. The molecule has 6 aromatic carbocycles. The molecule has 0 heterocycles. The van der Waals surface area contributed by atoms with Gasteiger partial charge in [-0.25, -0.2) is 0 Å². The molecular formula is C53H50N2O6. The predicted molar refractivity (Wildman–Crippen MR) is 243 cm³/mol. The van der Waals surface area contributed by atoms with E-state index in [1.165, 1.54) is 42.0 Å². The lowest BCUT2D eigenvalue weighted by molar-refractivity contribution is -0.159. The van der Waals surface area contributed by atoms with Crippen molar-refractivity contribution in [3.63, 3.8) is 0 Å². The highest BCUT2D eigenvalue weighted by Gasteiger charge is 2.37. The van der Waals surface area contributed by atoms with Gasteiger partial charge in [-0.3, -0.25) is 14.4 Å². The van der Waals surface area contributed by atoms with Crippen molar-refractivity contribution in [1.82, 2.24) is 0 Å². The van der Waals surface area contributed by atoms with Gasteiger partial charge in [-0.2, -0.15) is 0 Å². The second-order valence-corrected chi connectivity index (χ2v) is 14.0. The molecule has 308 valence electrons. The molecule has 0 radical (unpaired) electrons. The maximum atomic E-state index is 12.3. The van der Waals surface area contributed by atoms with Crippen molar-refractivity contribution in [2.24, 2.45) is 5.92 Å². The van der Waals surface area contributed by atoms with Gasteiger partial charge < -0.3 is 25.2 Å². The number of carboxylic acids is 1. The normalized spacial score (nSPS) is 11.2. The van der Waals surface area contributed by atoms with E-state index in [4.69, 9.17) is 14.6 Å². The first kappa shape index (κ1) is 44.6. The van der Waals surface area contributed by atoms with Gasteiger partial charge in [0.15, 0.2) is 5.92 Å². The standard InChI is InChI=1S/C28H27NO4.C25H23NO2/c1-4-9-25(26(27(30)32-2)28(31)33-3)22-14-16-24(17-15-22)29-19-20-10-8-13-23(18-20)21-11-6-5-7-12-21;1-2-7-22(17-25(27)28)21-12-14-24(15-13-21)26-18-19-8-6-11-23(16-19)20-9-4-3-5-10-20/h5-8,10-18,25-26,29H,19H2,1-3H3;3-6,8-16,22,26H,17-18H2,1H3,(H,27,28). The van der Waals surface area contributed by atoms with Gasteiger partial charge in [-0.05, 0) is 94.8 Å². The highest BCUT2D eigenvalue weighted by Crippen LogP contribution is 2.29. The Labute approximate surface area is 359 Å². The summed E-state index contributed by atoms with van der Waals surface area (Å²) in [4.78, 5) is 35.5. The molecule has 0 aliphatic carbocycles. The van der Waals surface area contributed by atoms with Crippen LogP contribution in [-0.2, 0) is 36.9 Å². The number of methoxy groups -OCH3 is 2. The smallest absolute Gasteiger partial charge is 0.321 e. The van der Waals surface area contributed by atoms with Crippen LogP contribution in [-0.4, -0.2) is 37.2 Å². The van der Waals surface area contributed by atoms with E-state index in [9.17, 15) is 14.4 Å². The first-order valence-corrected chi connectivity index (χ1v) is 19.9. The highest BCUT2D eigenvalue weighted by atomic mass is 16.5. The number of esters is 2. The summed E-state index contributed by atoms with van der Waals surface area (Å²) in [5, 5.41) is 15.9. The molecule has 2 atom stereocenters. The first-order chi connectivity index (χ1) is 29.7. The van der Waals surface area contributed by atoms with Gasteiger partial charge >= 0.3 is 17.9 Å². The van der Waals surface area contributed by atoms with Crippen LogP contribution in [0.4, 0.5) is 11.4 Å². The molecule has 8 nitrogen and oxygen atoms in total. The predicted octanol–water partition coefficient (Wildman–Crippen LogP) is 10.6. The fourth-order valence-corrected chi connectivity index (χ4v) is 6.77. The Bertz CT molecular complexity index is 2460. The monoisotopic (exact) mass is 810 g/mol. The Hall–Kier alpha value is -7.55. The number of carboxylic acid groups (broad SMARTS) is 1. The van der Waals surface area contributed by atoms with E-state index >= 15 is 0 Å². The third kappa shape index (κ3) is 13.2. The van der Waals surface area contributed by atoms with Crippen molar-refractivity contribution in [2.45, 2.75) is 45.2 Å². The lowest BCUT2D eigenvalue weighted by Crippen LogP contribution is -2.31. The van der Waals surface area contributed by atoms with Gasteiger partial charge in [0.25, 0.3) is 0 Å². The summed E-state index contributed by atoms with van der Waals surface area (Å²) in [6.07, 6.45) is 0.0138. The van der Waals surface area contributed by atoms with E-state index in [2.05, 4.69) is 107 Å². The quantitative estimate of drug-likeness (QED) is 0.0534. The van der Waals surface area contributed by atoms with Crippen molar-refractivity contribution < 1.29 is 29.0 Å². The molecular weight excluding hydrogens is 761 g/mol. The van der Waals surface area contributed by atoms with Crippen LogP contribution in [0.2, 0.25) is 0 Å². The average Bonchev–Trinajstić information content (AvgIpc) is 3.31. The molecule has 61 heavy (non-hydrogen) atoms. The fraction of sp³-hybridized carbons (Fsp3) is 0.189. The maximum absolute atomic E-state index is 12.3. The molecule has 0 aliphatic heterocycles. The van der Waals surface area contributed by atoms with E-state index in [1.807, 2.05) is 84.9 Å². The molecule has 2 unspecified atom stereocenters. The number of benzene rings is 6. The van der Waals surface area contributed by atoms with Crippen molar-refractivity contribution in [1.29, 1.82) is 0 Å². The molecule has 6 rings (SSSR count). The van der Waals surface area contributed by atoms with E-state index in [-0.39, 0.29) is 12.3 Å². The molecule has 3 N–H and O–H groups in total. The van der Waals surface area contributed by atoms with Gasteiger partial charge in [0.05, 0.1) is 32.5 Å². The highest BCUT2D eigenvalue weighted by molar-refractivity contribution is 5.96. The summed E-state index contributed by atoms with van der Waals surface area (Å²) in [6, 6.07) is 52.8. The Balaban J connectivity index is 0.000000234. The van der Waals surface area contributed by atoms with E-state index < -0.39 is 29.7 Å². The zero-order chi connectivity index (χ0) is 43.4. The summed E-state index contributed by atoms with van der Waals surface area (Å²) in [6.45, 7) is 4.77. The van der Waals surface area contributed by atoms with Crippen LogP contribution in [0.25, 0.3) is 22.3 Å². The van der Waals surface area contributed by atoms with Crippen LogP contribution in [0.3, 0.4) is 0 Å². The van der Waals surface area contributed by atoms with Crippen molar-refractivity contribution in [3.05, 3.63) is 180 Å². The van der Waals surface area contributed by atoms with Gasteiger partial charge in [-0.15, -0.1) is 11.8 Å². The van der Waals surface area contributed by atoms with Crippen LogP contribution >= 0.6 is 0 Å². The summed E-state index contributed by atoms with van der Waals surface area (Å²) < 4.78 is 9.63. The molecule has 6 aromatic rings. The van der Waals surface area contributed by atoms with E-state index in [0.717, 1.165) is 28.1 Å². The average molecular weight is 811 g/mol. The summed E-state index contributed by atoms with van der Waals surface area (Å²) in [5.41, 5.74) is 10.7. The summed E-state index contributed by atoms with van der Waals surface area (Å²) >= 11 is 0. The van der Waals surface area contributed by atoms with Crippen molar-refractivity contribution in [3.8, 4) is 45.9 Å². The van der Waals surface area contributed by atoms with Gasteiger partial charge in [0, 0.05) is 24.5 Å². The molecule has 0 saturated carbocycles. The minimum atomic E-state index is -1.15. The SMILES string of the molecule is CC#CC(CC(=O)O)c1ccc(NCc2cccc(-c3ccccc3)c2)cc1.CC#CC(c1ccc(NCc2cccc(-c3ccccc3)c2)cc1)C(C(=O)OC)C(=O)OC. The number of carbonyl (C=O) groups excluding carboxylic acids is 2. The second-order valence-electron chi connectivity index (χ2n) is 14.0. The molecule has 0 amide bonds. The van der Waals surface area contributed by atoms with E-state index in [0.29, 0.717) is 13.1 Å². The minimum absolute atomic E-state index is 0.0138. The maximum Gasteiger partial charge on any atom is 0.321 e. The number of hydrogen-bond acceptors (Lipinski definition) is 7. The van der Waals surface area contributed by atoms with Crippen LogP contribution in [0, 0.1) is 29.6 Å². The lowest BCUT2D eigenvalue weighted by atomic mass is 9.86. The van der Waals surface area contributed by atoms with Crippen LogP contribution < -0.4 is 10.6 Å². The minimum Gasteiger partial charge on any atom is -0.481 e. The van der Waals surface area contributed by atoms with Crippen LogP contribution in [0.1, 0.15) is 54.4 Å². The number of anilines is 2. The molecule has 0 spiro atoms. The molecule has 0 aliphatic rings. The molecule has 0 fully saturated rings. The molecule has 8 heteroatoms. The summed E-state index contributed by atoms with van der Waals surface area (Å²) in [7, 11) is 2.49. The third-order valence-electron chi connectivity index (χ3n) is 9.89. The van der Waals surface area contributed by atoms with Crippen LogP contribution in [0.15, 0.2) is 158 Å². The zero-order valence-electron chi connectivity index (χ0n) is 34.9. The summed E-state index contributed by atoms with van der Waals surface area (Å²) in [5.74, 6) is 7.29. The van der Waals surface area contributed by atoms with Gasteiger partial charge in [0.2, 0.25) is 0 Å². The zero-order valence-corrected chi connectivity index (χ0v) is 34.9.